The summed E-state index contributed by atoms with van der Waals surface area (Å²) >= 11 is 0. The Morgan fingerprint density at radius 1 is 1.04 bits per heavy atom. The largest absolute Gasteiger partial charge is 0.367 e. The van der Waals surface area contributed by atoms with Crippen LogP contribution in [0.1, 0.15) is 66.1 Å². The van der Waals surface area contributed by atoms with Gasteiger partial charge in [-0.2, -0.15) is 0 Å². The van der Waals surface area contributed by atoms with Gasteiger partial charge in [-0.05, 0) is 52.7 Å². The van der Waals surface area contributed by atoms with Gasteiger partial charge < -0.3 is 10.6 Å². The van der Waals surface area contributed by atoms with Crippen molar-refractivity contribution in [3.63, 3.8) is 0 Å². The van der Waals surface area contributed by atoms with Crippen LogP contribution < -0.4 is 10.6 Å². The fraction of sp³-hybridized carbons (Fsp3) is 0.600. The summed E-state index contributed by atoms with van der Waals surface area (Å²) < 4.78 is 0. The minimum Gasteiger partial charge on any atom is -0.367 e. The van der Waals surface area contributed by atoms with Crippen molar-refractivity contribution in [2.45, 2.75) is 77.4 Å². The lowest BCUT2D eigenvalue weighted by molar-refractivity contribution is 0.170. The number of aromatic nitrogens is 2. The Labute approximate surface area is 145 Å². The standard InChI is InChI=1S/C20H30N4/c1-13(2)17-22-16-10-8-7-9-15(16)18(23-17)21-14-11-19(3,4)24-20(5,6)12-14/h7-10,13-14,24H,11-12H2,1-6H3,(H,21,22,23). The number of nitrogens with zero attached hydrogens (tertiary/aromatic N) is 2. The van der Waals surface area contributed by atoms with E-state index in [4.69, 9.17) is 9.97 Å². The molecule has 0 radical (unpaired) electrons. The lowest BCUT2D eigenvalue weighted by atomic mass is 9.79. The highest BCUT2D eigenvalue weighted by atomic mass is 15.1. The number of hydrogen-bond donors (Lipinski definition) is 2. The maximum Gasteiger partial charge on any atom is 0.137 e. The first-order chi connectivity index (χ1) is 11.2. The second kappa shape index (κ2) is 5.99. The summed E-state index contributed by atoms with van der Waals surface area (Å²) in [6.07, 6.45) is 2.15. The Balaban J connectivity index is 1.97. The van der Waals surface area contributed by atoms with Crippen molar-refractivity contribution in [2.75, 3.05) is 5.32 Å². The van der Waals surface area contributed by atoms with Crippen molar-refractivity contribution in [1.82, 2.24) is 15.3 Å². The monoisotopic (exact) mass is 326 g/mol. The van der Waals surface area contributed by atoms with Crippen LogP contribution in [0.3, 0.4) is 0 Å². The molecule has 4 nitrogen and oxygen atoms in total. The Morgan fingerprint density at radius 3 is 2.29 bits per heavy atom. The highest BCUT2D eigenvalue weighted by Crippen LogP contribution is 2.32. The molecule has 2 heterocycles. The van der Waals surface area contributed by atoms with Gasteiger partial charge in [0.15, 0.2) is 0 Å². The molecular weight excluding hydrogens is 296 g/mol. The topological polar surface area (TPSA) is 49.8 Å². The molecule has 2 aromatic rings. The summed E-state index contributed by atoms with van der Waals surface area (Å²) in [5.41, 5.74) is 1.25. The van der Waals surface area contributed by atoms with Crippen molar-refractivity contribution in [2.24, 2.45) is 0 Å². The molecule has 0 bridgehead atoms. The van der Waals surface area contributed by atoms with Gasteiger partial charge in [-0.25, -0.2) is 9.97 Å². The van der Waals surface area contributed by atoms with Crippen LogP contribution in [-0.2, 0) is 0 Å². The van der Waals surface area contributed by atoms with Crippen LogP contribution in [0.5, 0.6) is 0 Å². The molecule has 0 atom stereocenters. The highest BCUT2D eigenvalue weighted by molar-refractivity contribution is 5.89. The van der Waals surface area contributed by atoms with Crippen molar-refractivity contribution in [1.29, 1.82) is 0 Å². The molecule has 1 saturated heterocycles. The van der Waals surface area contributed by atoms with Gasteiger partial charge in [0, 0.05) is 28.4 Å². The molecule has 0 spiro atoms. The second-order valence-electron chi connectivity index (χ2n) is 8.74. The average molecular weight is 326 g/mol. The smallest absolute Gasteiger partial charge is 0.137 e. The number of piperidine rings is 1. The summed E-state index contributed by atoms with van der Waals surface area (Å²) in [5.74, 6) is 2.20. The summed E-state index contributed by atoms with van der Waals surface area (Å²) in [6, 6.07) is 8.68. The first-order valence-corrected chi connectivity index (χ1v) is 8.98. The normalized spacial score (nSPS) is 20.5. The third-order valence-electron chi connectivity index (χ3n) is 4.67. The maximum absolute atomic E-state index is 4.85. The van der Waals surface area contributed by atoms with Crippen LogP contribution in [-0.4, -0.2) is 27.1 Å². The van der Waals surface area contributed by atoms with E-state index in [-0.39, 0.29) is 11.1 Å². The van der Waals surface area contributed by atoms with Gasteiger partial charge in [0.1, 0.15) is 11.6 Å². The Hall–Kier alpha value is -1.68. The minimum absolute atomic E-state index is 0.114. The quantitative estimate of drug-likeness (QED) is 0.873. The van der Waals surface area contributed by atoms with E-state index in [9.17, 15) is 0 Å². The fourth-order valence-corrected chi connectivity index (χ4v) is 4.08. The third-order valence-corrected chi connectivity index (χ3v) is 4.67. The molecule has 2 N–H and O–H groups in total. The highest BCUT2D eigenvalue weighted by Gasteiger charge is 2.37. The van der Waals surface area contributed by atoms with Gasteiger partial charge in [-0.3, -0.25) is 0 Å². The van der Waals surface area contributed by atoms with Gasteiger partial charge in [0.05, 0.1) is 5.52 Å². The third kappa shape index (κ3) is 3.69. The second-order valence-corrected chi connectivity index (χ2v) is 8.74. The van der Waals surface area contributed by atoms with E-state index >= 15 is 0 Å². The zero-order valence-electron chi connectivity index (χ0n) is 15.8. The number of benzene rings is 1. The maximum atomic E-state index is 4.85. The number of fused-ring (bicyclic) bond motifs is 1. The molecule has 4 heteroatoms. The van der Waals surface area contributed by atoms with Crippen LogP contribution in [0.25, 0.3) is 10.9 Å². The summed E-state index contributed by atoms with van der Waals surface area (Å²) in [4.78, 5) is 9.57. The molecule has 0 saturated carbocycles. The molecular formula is C20H30N4. The van der Waals surface area contributed by atoms with E-state index in [1.165, 1.54) is 0 Å². The van der Waals surface area contributed by atoms with Gasteiger partial charge in [-0.15, -0.1) is 0 Å². The molecule has 1 aliphatic heterocycles. The lowest BCUT2D eigenvalue weighted by Gasteiger charge is -2.46. The molecule has 24 heavy (non-hydrogen) atoms. The minimum atomic E-state index is 0.114. The molecule has 1 fully saturated rings. The number of nitrogens with one attached hydrogen (secondary N) is 2. The SMILES string of the molecule is CC(C)c1nc(NC2CC(C)(C)NC(C)(C)C2)c2ccccc2n1. The molecule has 130 valence electrons. The van der Waals surface area contributed by atoms with E-state index < -0.39 is 0 Å². The van der Waals surface area contributed by atoms with Crippen LogP contribution in [0, 0.1) is 0 Å². The summed E-state index contributed by atoms with van der Waals surface area (Å²) in [5, 5.41) is 8.59. The molecule has 0 aliphatic carbocycles. The Bertz CT molecular complexity index is 717. The molecule has 1 aliphatic rings. The summed E-state index contributed by atoms with van der Waals surface area (Å²) in [6.45, 7) is 13.4. The van der Waals surface area contributed by atoms with E-state index in [1.807, 2.05) is 6.07 Å². The first-order valence-electron chi connectivity index (χ1n) is 8.98. The predicted molar refractivity (Wildman–Crippen MR) is 102 cm³/mol. The average Bonchev–Trinajstić information content (AvgIpc) is 2.43. The van der Waals surface area contributed by atoms with Crippen molar-refractivity contribution < 1.29 is 0 Å². The molecule has 0 unspecified atom stereocenters. The Morgan fingerprint density at radius 2 is 1.67 bits per heavy atom. The van der Waals surface area contributed by atoms with E-state index in [1.54, 1.807) is 0 Å². The van der Waals surface area contributed by atoms with E-state index in [2.05, 4.69) is 70.4 Å². The van der Waals surface area contributed by atoms with Crippen LogP contribution in [0.2, 0.25) is 0 Å². The molecule has 0 amide bonds. The van der Waals surface area contributed by atoms with E-state index in [0.717, 1.165) is 35.4 Å². The molecule has 1 aromatic carbocycles. The van der Waals surface area contributed by atoms with Gasteiger partial charge in [0.25, 0.3) is 0 Å². The van der Waals surface area contributed by atoms with Gasteiger partial charge >= 0.3 is 0 Å². The van der Waals surface area contributed by atoms with Gasteiger partial charge in [-0.1, -0.05) is 26.0 Å². The van der Waals surface area contributed by atoms with E-state index in [0.29, 0.717) is 12.0 Å². The van der Waals surface area contributed by atoms with Crippen molar-refractivity contribution >= 4 is 16.7 Å². The fourth-order valence-electron chi connectivity index (χ4n) is 4.08. The first kappa shape index (κ1) is 17.2. The number of rotatable bonds is 3. The number of para-hydroxylation sites is 1. The molecule has 3 rings (SSSR count). The number of anilines is 1. The van der Waals surface area contributed by atoms with Crippen LogP contribution >= 0.6 is 0 Å². The zero-order chi connectivity index (χ0) is 17.5. The van der Waals surface area contributed by atoms with Gasteiger partial charge in [0.2, 0.25) is 0 Å². The zero-order valence-corrected chi connectivity index (χ0v) is 15.8. The number of hydrogen-bond acceptors (Lipinski definition) is 4. The lowest BCUT2D eigenvalue weighted by Crippen LogP contribution is -2.60. The van der Waals surface area contributed by atoms with Crippen LogP contribution in [0.15, 0.2) is 24.3 Å². The summed E-state index contributed by atoms with van der Waals surface area (Å²) in [7, 11) is 0. The predicted octanol–water partition coefficient (Wildman–Crippen LogP) is 4.47. The van der Waals surface area contributed by atoms with Crippen molar-refractivity contribution in [3.05, 3.63) is 30.1 Å². The van der Waals surface area contributed by atoms with Crippen LogP contribution in [0.4, 0.5) is 5.82 Å². The Kier molecular flexibility index (Phi) is 4.28. The molecule has 1 aromatic heterocycles. The van der Waals surface area contributed by atoms with Crippen molar-refractivity contribution in [3.8, 4) is 0 Å².